The van der Waals surface area contributed by atoms with Crippen molar-refractivity contribution in [3.8, 4) is 0 Å². The molecular formula is C17H19N3O3S. The summed E-state index contributed by atoms with van der Waals surface area (Å²) in [6, 6.07) is -0.0436. The summed E-state index contributed by atoms with van der Waals surface area (Å²) in [5.41, 5.74) is 1.84. The number of allylic oxidation sites excluding steroid dienone is 1. The molecule has 0 aliphatic carbocycles. The topological polar surface area (TPSA) is 73.7 Å². The Morgan fingerprint density at radius 3 is 2.79 bits per heavy atom. The Bertz CT molecular complexity index is 778. The first-order valence-corrected chi connectivity index (χ1v) is 8.58. The highest BCUT2D eigenvalue weighted by Crippen LogP contribution is 2.35. The molecule has 0 saturated carbocycles. The molecule has 3 rings (SSSR count). The second-order valence-electron chi connectivity index (χ2n) is 5.97. The van der Waals surface area contributed by atoms with Gasteiger partial charge in [-0.05, 0) is 31.9 Å². The number of carboxylic acids is 1. The maximum absolute atomic E-state index is 13.0. The molecule has 0 aromatic carbocycles. The van der Waals surface area contributed by atoms with Gasteiger partial charge < -0.3 is 14.9 Å². The zero-order valence-electron chi connectivity index (χ0n) is 13.7. The number of rotatable bonds is 3. The molecule has 0 radical (unpaired) electrons. The van der Waals surface area contributed by atoms with E-state index >= 15 is 0 Å². The van der Waals surface area contributed by atoms with Crippen molar-refractivity contribution in [3.63, 3.8) is 0 Å². The van der Waals surface area contributed by atoms with Crippen molar-refractivity contribution in [2.75, 3.05) is 13.6 Å². The summed E-state index contributed by atoms with van der Waals surface area (Å²) in [4.78, 5) is 32.3. The number of aromatic nitrogens is 1. The van der Waals surface area contributed by atoms with Crippen LogP contribution in [0.3, 0.4) is 0 Å². The van der Waals surface area contributed by atoms with E-state index in [1.807, 2.05) is 12.3 Å². The highest BCUT2D eigenvalue weighted by atomic mass is 32.1. The smallest absolute Gasteiger partial charge is 0.335 e. The SMILES string of the molecule is C=C1C=C(C(=O)O)C=C(C(=O)N2CCCC2c2nc(C)cs2)N1C. The van der Waals surface area contributed by atoms with Crippen LogP contribution < -0.4 is 0 Å². The standard InChI is InChI=1S/C17H19N3O3S/c1-10-9-24-15(18-10)13-5-4-6-20(13)16(21)14-8-12(17(22)23)7-11(2)19(14)3/h7-9,13H,2,4-6H2,1,3H3,(H,22,23). The van der Waals surface area contributed by atoms with Crippen LogP contribution in [0.25, 0.3) is 0 Å². The zero-order valence-corrected chi connectivity index (χ0v) is 14.5. The van der Waals surface area contributed by atoms with Crippen molar-refractivity contribution in [1.82, 2.24) is 14.8 Å². The molecule has 24 heavy (non-hydrogen) atoms. The first-order valence-electron chi connectivity index (χ1n) is 7.71. The van der Waals surface area contributed by atoms with Crippen LogP contribution in [0.1, 0.15) is 29.6 Å². The number of thiazole rings is 1. The Kier molecular flexibility index (Phi) is 4.28. The van der Waals surface area contributed by atoms with Crippen molar-refractivity contribution in [1.29, 1.82) is 0 Å². The molecule has 1 saturated heterocycles. The Morgan fingerprint density at radius 1 is 1.42 bits per heavy atom. The molecule has 1 unspecified atom stereocenters. The Morgan fingerprint density at radius 2 is 2.17 bits per heavy atom. The maximum atomic E-state index is 13.0. The van der Waals surface area contributed by atoms with Gasteiger partial charge in [0.25, 0.3) is 5.91 Å². The molecule has 6 nitrogen and oxygen atoms in total. The quantitative estimate of drug-likeness (QED) is 0.911. The number of hydrogen-bond acceptors (Lipinski definition) is 5. The molecule has 7 heteroatoms. The predicted molar refractivity (Wildman–Crippen MR) is 91.2 cm³/mol. The van der Waals surface area contributed by atoms with Gasteiger partial charge in [0.05, 0.1) is 11.6 Å². The van der Waals surface area contributed by atoms with Crippen molar-refractivity contribution in [3.05, 3.63) is 51.8 Å². The minimum atomic E-state index is -1.07. The van der Waals surface area contributed by atoms with Crippen LogP contribution in [-0.4, -0.2) is 45.4 Å². The van der Waals surface area contributed by atoms with Gasteiger partial charge in [-0.2, -0.15) is 0 Å². The second-order valence-corrected chi connectivity index (χ2v) is 6.86. The van der Waals surface area contributed by atoms with E-state index in [0.29, 0.717) is 17.9 Å². The van der Waals surface area contributed by atoms with E-state index in [1.54, 1.807) is 28.2 Å². The molecule has 0 bridgehead atoms. The van der Waals surface area contributed by atoms with Crippen LogP contribution in [0.2, 0.25) is 0 Å². The van der Waals surface area contributed by atoms with Crippen LogP contribution in [0, 0.1) is 6.92 Å². The normalized spacial score (nSPS) is 20.9. The lowest BCUT2D eigenvalue weighted by molar-refractivity contribution is -0.132. The number of likely N-dealkylation sites (N-methyl/N-ethyl adjacent to an activating group) is 1. The summed E-state index contributed by atoms with van der Waals surface area (Å²) >= 11 is 1.56. The average molecular weight is 345 g/mol. The molecule has 126 valence electrons. The third-order valence-corrected chi connectivity index (χ3v) is 5.37. The van der Waals surface area contributed by atoms with Crippen molar-refractivity contribution in [2.45, 2.75) is 25.8 Å². The molecular weight excluding hydrogens is 326 g/mol. The number of hydrogen-bond donors (Lipinski definition) is 1. The van der Waals surface area contributed by atoms with Crippen molar-refractivity contribution >= 4 is 23.2 Å². The van der Waals surface area contributed by atoms with Gasteiger partial charge in [0, 0.05) is 30.4 Å². The lowest BCUT2D eigenvalue weighted by Crippen LogP contribution is -2.37. The summed E-state index contributed by atoms with van der Waals surface area (Å²) in [6.07, 6.45) is 4.67. The van der Waals surface area contributed by atoms with Gasteiger partial charge in [-0.1, -0.05) is 6.58 Å². The van der Waals surface area contributed by atoms with Crippen molar-refractivity contribution in [2.24, 2.45) is 0 Å². The van der Waals surface area contributed by atoms with E-state index in [-0.39, 0.29) is 17.5 Å². The Balaban J connectivity index is 1.91. The first kappa shape index (κ1) is 16.4. The summed E-state index contributed by atoms with van der Waals surface area (Å²) in [6.45, 7) is 6.41. The number of aliphatic carboxylic acids is 1. The van der Waals surface area contributed by atoms with Crippen molar-refractivity contribution < 1.29 is 14.7 Å². The first-order chi connectivity index (χ1) is 11.4. The molecule has 0 spiro atoms. The van der Waals surface area contributed by atoms with E-state index in [2.05, 4.69) is 11.6 Å². The molecule has 1 N–H and O–H groups in total. The van der Waals surface area contributed by atoms with Crippen LogP contribution in [-0.2, 0) is 9.59 Å². The van der Waals surface area contributed by atoms with E-state index in [4.69, 9.17) is 0 Å². The fraction of sp³-hybridized carbons (Fsp3) is 0.353. The fourth-order valence-corrected chi connectivity index (χ4v) is 3.93. The fourth-order valence-electron chi connectivity index (χ4n) is 2.98. The third-order valence-electron chi connectivity index (χ3n) is 4.31. The minimum Gasteiger partial charge on any atom is -0.478 e. The molecule has 2 aliphatic heterocycles. The molecule has 2 aliphatic rings. The average Bonchev–Trinajstić information content (AvgIpc) is 3.17. The van der Waals surface area contributed by atoms with E-state index in [1.165, 1.54) is 12.2 Å². The summed E-state index contributed by atoms with van der Waals surface area (Å²) in [5.74, 6) is -1.25. The number of carbonyl (C=O) groups is 2. The molecule has 1 atom stereocenters. The number of carbonyl (C=O) groups excluding carboxylic acids is 1. The van der Waals surface area contributed by atoms with Gasteiger partial charge in [0.1, 0.15) is 10.7 Å². The number of amides is 1. The van der Waals surface area contributed by atoms with Crippen LogP contribution in [0.5, 0.6) is 0 Å². The zero-order chi connectivity index (χ0) is 17.4. The molecule has 1 aromatic heterocycles. The minimum absolute atomic E-state index is 0.0436. The number of nitrogens with zero attached hydrogens (tertiary/aromatic N) is 3. The van der Waals surface area contributed by atoms with Gasteiger partial charge >= 0.3 is 5.97 Å². The lowest BCUT2D eigenvalue weighted by atomic mass is 10.1. The maximum Gasteiger partial charge on any atom is 0.335 e. The predicted octanol–water partition coefficient (Wildman–Crippen LogP) is 2.47. The van der Waals surface area contributed by atoms with Gasteiger partial charge in [-0.25, -0.2) is 9.78 Å². The summed E-state index contributed by atoms with van der Waals surface area (Å²) in [7, 11) is 1.72. The highest BCUT2D eigenvalue weighted by Gasteiger charge is 2.35. The lowest BCUT2D eigenvalue weighted by Gasteiger charge is -2.31. The largest absolute Gasteiger partial charge is 0.478 e. The van der Waals surface area contributed by atoms with Gasteiger partial charge in [0.15, 0.2) is 0 Å². The van der Waals surface area contributed by atoms with Gasteiger partial charge in [-0.15, -0.1) is 11.3 Å². The number of carboxylic acid groups (broad SMARTS) is 1. The monoisotopic (exact) mass is 345 g/mol. The van der Waals surface area contributed by atoms with Gasteiger partial charge in [-0.3, -0.25) is 4.79 Å². The van der Waals surface area contributed by atoms with Crippen LogP contribution >= 0.6 is 11.3 Å². The molecule has 1 amide bonds. The van der Waals surface area contributed by atoms with Gasteiger partial charge in [0.2, 0.25) is 0 Å². The molecule has 1 fully saturated rings. The molecule has 3 heterocycles. The van der Waals surface area contributed by atoms with Crippen LogP contribution in [0.15, 0.2) is 41.1 Å². The number of likely N-dealkylation sites (tertiary alicyclic amines) is 1. The van der Waals surface area contributed by atoms with E-state index in [0.717, 1.165) is 23.5 Å². The second kappa shape index (κ2) is 6.24. The summed E-state index contributed by atoms with van der Waals surface area (Å²) in [5, 5.41) is 12.2. The number of aryl methyl sites for hydroxylation is 1. The van der Waals surface area contributed by atoms with E-state index < -0.39 is 5.97 Å². The van der Waals surface area contributed by atoms with E-state index in [9.17, 15) is 14.7 Å². The summed E-state index contributed by atoms with van der Waals surface area (Å²) < 4.78 is 0. The Labute approximate surface area is 144 Å². The highest BCUT2D eigenvalue weighted by molar-refractivity contribution is 7.09. The third kappa shape index (κ3) is 2.87. The van der Waals surface area contributed by atoms with Crippen LogP contribution in [0.4, 0.5) is 0 Å². The Hall–Kier alpha value is -2.41. The molecule has 1 aromatic rings.